The molecule has 2 unspecified atom stereocenters. The minimum atomic E-state index is -0.0531. The maximum atomic E-state index is 9.09. The second-order valence-corrected chi connectivity index (χ2v) is 10.2. The highest BCUT2D eigenvalue weighted by molar-refractivity contribution is 5.31. The van der Waals surface area contributed by atoms with Crippen LogP contribution >= 0.6 is 0 Å². The van der Waals surface area contributed by atoms with Crippen LogP contribution in [0, 0.1) is 11.8 Å². The Morgan fingerprint density at radius 1 is 1.10 bits per heavy atom. The Labute approximate surface area is 181 Å². The van der Waals surface area contributed by atoms with Crippen LogP contribution in [0.15, 0.2) is 24.3 Å². The molecule has 4 rings (SSSR count). The Balaban J connectivity index is 1.36. The summed E-state index contributed by atoms with van der Waals surface area (Å²) in [6.45, 7) is 3.66. The summed E-state index contributed by atoms with van der Waals surface area (Å²) < 4.78 is 12.7. The van der Waals surface area contributed by atoms with Gasteiger partial charge in [-0.25, -0.2) is 4.89 Å². The summed E-state index contributed by atoms with van der Waals surface area (Å²) in [5.74, 6) is 2.74. The molecule has 0 saturated heterocycles. The van der Waals surface area contributed by atoms with Crippen LogP contribution in [0.4, 0.5) is 0 Å². The number of hydrogen-bond acceptors (Lipinski definition) is 5. The van der Waals surface area contributed by atoms with Crippen molar-refractivity contribution in [3.8, 4) is 5.75 Å². The Morgan fingerprint density at radius 2 is 1.87 bits per heavy atom. The quantitative estimate of drug-likeness (QED) is 0.342. The van der Waals surface area contributed by atoms with Crippen LogP contribution in [0.3, 0.4) is 0 Å². The van der Waals surface area contributed by atoms with Gasteiger partial charge in [-0.15, -0.1) is 0 Å². The average Bonchev–Trinajstić information content (AvgIpc) is 2.73. The zero-order valence-corrected chi connectivity index (χ0v) is 18.4. The van der Waals surface area contributed by atoms with E-state index in [0.717, 1.165) is 50.7 Å². The topological polar surface area (TPSA) is 73.9 Å². The molecular weight excluding hydrogens is 378 g/mol. The van der Waals surface area contributed by atoms with Crippen LogP contribution in [0.2, 0.25) is 0 Å². The Bertz CT molecular complexity index is 669. The van der Waals surface area contributed by atoms with E-state index < -0.39 is 0 Å². The van der Waals surface area contributed by atoms with E-state index in [1.54, 1.807) is 0 Å². The minimum absolute atomic E-state index is 0.0312. The van der Waals surface area contributed by atoms with Crippen LogP contribution in [0.5, 0.6) is 5.75 Å². The second-order valence-electron chi connectivity index (χ2n) is 10.2. The van der Waals surface area contributed by atoms with Crippen molar-refractivity contribution in [2.24, 2.45) is 17.6 Å². The molecule has 3 aliphatic rings. The van der Waals surface area contributed by atoms with Gasteiger partial charge in [-0.3, -0.25) is 5.26 Å². The zero-order valence-electron chi connectivity index (χ0n) is 18.4. The first-order valence-corrected chi connectivity index (χ1v) is 12.0. The highest BCUT2D eigenvalue weighted by atomic mass is 17.1. The molecule has 1 aromatic rings. The van der Waals surface area contributed by atoms with Gasteiger partial charge in [-0.2, -0.15) is 0 Å². The fourth-order valence-electron chi connectivity index (χ4n) is 6.28. The summed E-state index contributed by atoms with van der Waals surface area (Å²) >= 11 is 0. The van der Waals surface area contributed by atoms with Crippen LogP contribution in [-0.4, -0.2) is 36.2 Å². The Morgan fingerprint density at radius 3 is 2.60 bits per heavy atom. The molecular formula is C25H39NO4. The molecule has 0 radical (unpaired) electrons. The van der Waals surface area contributed by atoms with Gasteiger partial charge in [0.15, 0.2) is 0 Å². The molecule has 5 nitrogen and oxygen atoms in total. The lowest BCUT2D eigenvalue weighted by atomic mass is 9.69. The predicted octanol–water partition coefficient (Wildman–Crippen LogP) is 5.28. The summed E-state index contributed by atoms with van der Waals surface area (Å²) in [4.78, 5) is 4.68. The van der Waals surface area contributed by atoms with E-state index in [1.165, 1.54) is 24.8 Å². The zero-order chi connectivity index (χ0) is 21.0. The predicted molar refractivity (Wildman–Crippen MR) is 118 cm³/mol. The van der Waals surface area contributed by atoms with Crippen molar-refractivity contribution in [2.45, 2.75) is 94.9 Å². The van der Waals surface area contributed by atoms with Gasteiger partial charge in [0.05, 0.1) is 24.4 Å². The van der Waals surface area contributed by atoms with Gasteiger partial charge in [0, 0.05) is 0 Å². The fourth-order valence-corrected chi connectivity index (χ4v) is 6.28. The van der Waals surface area contributed by atoms with Crippen molar-refractivity contribution in [3.05, 3.63) is 29.8 Å². The van der Waals surface area contributed by atoms with Crippen LogP contribution in [0.25, 0.3) is 0 Å². The molecule has 0 spiro atoms. The lowest BCUT2D eigenvalue weighted by molar-refractivity contribution is -0.293. The Hall–Kier alpha value is -1.14. The first kappa shape index (κ1) is 22.1. The van der Waals surface area contributed by atoms with Crippen molar-refractivity contribution >= 4 is 0 Å². The summed E-state index contributed by atoms with van der Waals surface area (Å²) in [6, 6.07) is 8.61. The first-order valence-electron chi connectivity index (χ1n) is 12.0. The second kappa shape index (κ2) is 9.99. The standard InChI is InChI=1S/C25H39NO4/c1-25(29-23-12-18-11-19(13-23)15-24(14-18)30-27)8-3-6-21(17-25)20-5-2-7-22(16-20)28-10-4-9-26/h2,5,7,16,18-19,21,23-24,27H,3-4,6,8-15,17,26H2,1H3/t18?,19?,21-,23?,24?,25+/m1/s1. The monoisotopic (exact) mass is 417 g/mol. The molecule has 1 aromatic carbocycles. The molecule has 0 aliphatic heterocycles. The van der Waals surface area contributed by atoms with E-state index in [0.29, 0.717) is 37.0 Å². The first-order chi connectivity index (χ1) is 14.6. The molecule has 3 fully saturated rings. The number of ether oxygens (including phenoxy) is 2. The average molecular weight is 418 g/mol. The number of benzene rings is 1. The molecule has 5 heteroatoms. The number of fused-ring (bicyclic) bond motifs is 2. The van der Waals surface area contributed by atoms with Crippen molar-refractivity contribution in [1.29, 1.82) is 0 Å². The van der Waals surface area contributed by atoms with Gasteiger partial charge in [0.2, 0.25) is 0 Å². The van der Waals surface area contributed by atoms with Crippen LogP contribution in [0.1, 0.15) is 82.6 Å². The molecule has 3 saturated carbocycles. The van der Waals surface area contributed by atoms with Crippen LogP contribution in [-0.2, 0) is 9.62 Å². The molecule has 0 heterocycles. The van der Waals surface area contributed by atoms with Gasteiger partial charge < -0.3 is 15.2 Å². The summed E-state index contributed by atoms with van der Waals surface area (Å²) in [6.07, 6.45) is 11.4. The fraction of sp³-hybridized carbons (Fsp3) is 0.760. The highest BCUT2D eigenvalue weighted by Crippen LogP contribution is 2.46. The maximum absolute atomic E-state index is 9.09. The molecule has 0 amide bonds. The molecule has 0 aromatic heterocycles. The lowest BCUT2D eigenvalue weighted by Gasteiger charge is -2.46. The van der Waals surface area contributed by atoms with E-state index in [9.17, 15) is 0 Å². The number of nitrogens with two attached hydrogens (primary N) is 1. The third kappa shape index (κ3) is 5.56. The third-order valence-electron chi connectivity index (χ3n) is 7.53. The van der Waals surface area contributed by atoms with Crippen molar-refractivity contribution in [2.75, 3.05) is 13.2 Å². The van der Waals surface area contributed by atoms with E-state index in [-0.39, 0.29) is 11.7 Å². The van der Waals surface area contributed by atoms with E-state index in [2.05, 4.69) is 30.0 Å². The van der Waals surface area contributed by atoms with Gasteiger partial charge in [0.25, 0.3) is 0 Å². The maximum Gasteiger partial charge on any atom is 0.119 e. The summed E-state index contributed by atoms with van der Waals surface area (Å²) in [5, 5.41) is 9.09. The molecule has 2 bridgehead atoms. The molecule has 3 N–H and O–H groups in total. The normalized spacial score (nSPS) is 36.4. The van der Waals surface area contributed by atoms with Crippen molar-refractivity contribution < 1.29 is 19.6 Å². The SMILES string of the molecule is C[C@]1(OC2CC3CC(CC(OO)C3)C2)CCC[C@@H](c2cccc(OCCCN)c2)C1. The van der Waals surface area contributed by atoms with Crippen molar-refractivity contribution in [1.82, 2.24) is 0 Å². The van der Waals surface area contributed by atoms with Crippen molar-refractivity contribution in [3.63, 3.8) is 0 Å². The van der Waals surface area contributed by atoms with Gasteiger partial charge in [-0.1, -0.05) is 12.1 Å². The van der Waals surface area contributed by atoms with Gasteiger partial charge >= 0.3 is 0 Å². The molecule has 168 valence electrons. The molecule has 4 atom stereocenters. The molecule has 30 heavy (non-hydrogen) atoms. The smallest absolute Gasteiger partial charge is 0.119 e. The number of hydrogen-bond donors (Lipinski definition) is 2. The van der Waals surface area contributed by atoms with Crippen LogP contribution < -0.4 is 10.5 Å². The highest BCUT2D eigenvalue weighted by Gasteiger charge is 2.41. The number of rotatable bonds is 8. The minimum Gasteiger partial charge on any atom is -0.494 e. The lowest BCUT2D eigenvalue weighted by Crippen LogP contribution is -2.43. The Kier molecular flexibility index (Phi) is 7.35. The van der Waals surface area contributed by atoms with Gasteiger partial charge in [0.1, 0.15) is 5.75 Å². The largest absolute Gasteiger partial charge is 0.494 e. The van der Waals surface area contributed by atoms with Gasteiger partial charge in [-0.05, 0) is 113 Å². The summed E-state index contributed by atoms with van der Waals surface area (Å²) in [7, 11) is 0. The summed E-state index contributed by atoms with van der Waals surface area (Å²) in [5.41, 5.74) is 6.90. The van der Waals surface area contributed by atoms with E-state index >= 15 is 0 Å². The third-order valence-corrected chi connectivity index (χ3v) is 7.53. The van der Waals surface area contributed by atoms with E-state index in [4.69, 9.17) is 20.5 Å². The van der Waals surface area contributed by atoms with E-state index in [1.807, 2.05) is 6.07 Å². The molecule has 3 aliphatic carbocycles.